The number of anilines is 1. The number of sulfone groups is 1. The predicted octanol–water partition coefficient (Wildman–Crippen LogP) is 1.09. The first-order valence-electron chi connectivity index (χ1n) is 6.63. The maximum Gasteiger partial charge on any atom is 0.245 e. The molecule has 1 aromatic rings. The maximum atomic E-state index is 12.7. The van der Waals surface area contributed by atoms with E-state index in [2.05, 4.69) is 0 Å². The molecule has 1 saturated carbocycles. The summed E-state index contributed by atoms with van der Waals surface area (Å²) in [5, 5.41) is 0. The lowest BCUT2D eigenvalue weighted by Gasteiger charge is -2.25. The minimum Gasteiger partial charge on any atom is -0.398 e. The van der Waals surface area contributed by atoms with E-state index in [9.17, 15) is 16.8 Å². The van der Waals surface area contributed by atoms with Crippen molar-refractivity contribution >= 4 is 25.5 Å². The Morgan fingerprint density at radius 1 is 1.24 bits per heavy atom. The van der Waals surface area contributed by atoms with E-state index in [-0.39, 0.29) is 21.5 Å². The van der Waals surface area contributed by atoms with Gasteiger partial charge >= 0.3 is 0 Å². The minimum absolute atomic E-state index is 0.0530. The molecule has 1 unspecified atom stereocenters. The molecule has 0 spiro atoms. The van der Waals surface area contributed by atoms with Crippen molar-refractivity contribution in [1.82, 2.24) is 4.31 Å². The van der Waals surface area contributed by atoms with Crippen molar-refractivity contribution in [3.63, 3.8) is 0 Å². The Hall–Kier alpha value is -1.12. The molecule has 8 heteroatoms. The summed E-state index contributed by atoms with van der Waals surface area (Å²) < 4.78 is 49.8. The van der Waals surface area contributed by atoms with Crippen molar-refractivity contribution in [2.45, 2.75) is 35.6 Å². The van der Waals surface area contributed by atoms with Crippen molar-refractivity contribution in [3.05, 3.63) is 18.2 Å². The van der Waals surface area contributed by atoms with Crippen molar-refractivity contribution in [2.75, 3.05) is 19.0 Å². The van der Waals surface area contributed by atoms with Crippen LogP contribution < -0.4 is 5.73 Å². The lowest BCUT2D eigenvalue weighted by atomic mass is 10.2. The van der Waals surface area contributed by atoms with E-state index in [4.69, 9.17) is 5.73 Å². The van der Waals surface area contributed by atoms with Gasteiger partial charge in [0, 0.05) is 19.3 Å². The Morgan fingerprint density at radius 2 is 1.81 bits per heavy atom. The van der Waals surface area contributed by atoms with Crippen molar-refractivity contribution < 1.29 is 16.8 Å². The van der Waals surface area contributed by atoms with E-state index < -0.39 is 19.9 Å². The Kier molecular flexibility index (Phi) is 4.07. The Labute approximate surface area is 125 Å². The van der Waals surface area contributed by atoms with Gasteiger partial charge in [0.1, 0.15) is 4.90 Å². The standard InChI is InChI=1S/C13H20N2O4S2/c1-9(10-4-5-10)15(2)21(18,19)13-8-11(20(3,16)17)6-7-12(13)14/h6-10H,4-5,14H2,1-3H3. The quantitative estimate of drug-likeness (QED) is 0.814. The van der Waals surface area contributed by atoms with Crippen LogP contribution in [0, 0.1) is 5.92 Å². The summed E-state index contributed by atoms with van der Waals surface area (Å²) in [4.78, 5) is -0.205. The predicted molar refractivity (Wildman–Crippen MR) is 81.1 cm³/mol. The molecule has 21 heavy (non-hydrogen) atoms. The SMILES string of the molecule is CC(C1CC1)N(C)S(=O)(=O)c1cc(S(C)(=O)=O)ccc1N. The van der Waals surface area contributed by atoms with E-state index in [1.165, 1.54) is 23.5 Å². The number of hydrogen-bond donors (Lipinski definition) is 1. The molecule has 1 aromatic carbocycles. The number of nitrogens with zero attached hydrogens (tertiary/aromatic N) is 1. The molecular weight excluding hydrogens is 312 g/mol. The van der Waals surface area contributed by atoms with Gasteiger partial charge in [0.25, 0.3) is 0 Å². The largest absolute Gasteiger partial charge is 0.398 e. The number of rotatable bonds is 5. The summed E-state index contributed by atoms with van der Waals surface area (Å²) in [6, 6.07) is 3.64. The van der Waals surface area contributed by atoms with Gasteiger partial charge < -0.3 is 5.73 Å². The number of nitrogens with two attached hydrogens (primary N) is 1. The van der Waals surface area contributed by atoms with Crippen LogP contribution in [0.15, 0.2) is 28.0 Å². The minimum atomic E-state index is -3.81. The van der Waals surface area contributed by atoms with Crippen LogP contribution in [0.4, 0.5) is 5.69 Å². The highest BCUT2D eigenvalue weighted by molar-refractivity contribution is 7.91. The molecule has 1 aliphatic carbocycles. The molecule has 6 nitrogen and oxygen atoms in total. The molecule has 0 aromatic heterocycles. The molecule has 118 valence electrons. The first kappa shape index (κ1) is 16.3. The Bertz CT molecular complexity index is 752. The van der Waals surface area contributed by atoms with Gasteiger partial charge in [-0.05, 0) is 43.9 Å². The Morgan fingerprint density at radius 3 is 2.29 bits per heavy atom. The number of sulfonamides is 1. The van der Waals surface area contributed by atoms with Crippen LogP contribution in [0.5, 0.6) is 0 Å². The van der Waals surface area contributed by atoms with Gasteiger partial charge in [-0.15, -0.1) is 0 Å². The molecule has 0 amide bonds. The first-order chi connectivity index (χ1) is 9.55. The van der Waals surface area contributed by atoms with Gasteiger partial charge in [-0.25, -0.2) is 16.8 Å². The van der Waals surface area contributed by atoms with Gasteiger partial charge in [-0.2, -0.15) is 4.31 Å². The maximum absolute atomic E-state index is 12.7. The Balaban J connectivity index is 2.48. The second-order valence-corrected chi connectivity index (χ2v) is 9.55. The molecule has 0 aliphatic heterocycles. The van der Waals surface area contributed by atoms with E-state index in [1.54, 1.807) is 0 Å². The summed E-state index contributed by atoms with van der Waals surface area (Å²) in [5.74, 6) is 0.365. The average molecular weight is 332 g/mol. The third-order valence-electron chi connectivity index (χ3n) is 3.95. The van der Waals surface area contributed by atoms with Gasteiger partial charge in [0.15, 0.2) is 9.84 Å². The molecule has 1 atom stereocenters. The average Bonchev–Trinajstić information content (AvgIpc) is 3.20. The third kappa shape index (κ3) is 3.22. The monoisotopic (exact) mass is 332 g/mol. The molecule has 2 N–H and O–H groups in total. The topological polar surface area (TPSA) is 97.5 Å². The molecule has 1 fully saturated rings. The molecule has 2 rings (SSSR count). The molecular formula is C13H20N2O4S2. The summed E-state index contributed by atoms with van der Waals surface area (Å²) in [7, 11) is -5.80. The molecule has 0 radical (unpaired) electrons. The van der Waals surface area contributed by atoms with Crippen LogP contribution in [0.1, 0.15) is 19.8 Å². The van der Waals surface area contributed by atoms with Gasteiger partial charge in [-0.1, -0.05) is 0 Å². The number of nitrogen functional groups attached to an aromatic ring is 1. The normalized spacial score (nSPS) is 17.9. The van der Waals surface area contributed by atoms with E-state index in [0.29, 0.717) is 5.92 Å². The zero-order valence-corrected chi connectivity index (χ0v) is 13.9. The van der Waals surface area contributed by atoms with Crippen molar-refractivity contribution in [2.24, 2.45) is 5.92 Å². The lowest BCUT2D eigenvalue weighted by molar-refractivity contribution is 0.357. The highest BCUT2D eigenvalue weighted by Gasteiger charge is 2.36. The van der Waals surface area contributed by atoms with Gasteiger partial charge in [-0.3, -0.25) is 0 Å². The zero-order valence-electron chi connectivity index (χ0n) is 12.3. The molecule has 0 heterocycles. The summed E-state index contributed by atoms with van der Waals surface area (Å²) in [6.07, 6.45) is 3.06. The lowest BCUT2D eigenvalue weighted by Crippen LogP contribution is -2.36. The van der Waals surface area contributed by atoms with Crippen LogP contribution in [-0.4, -0.2) is 40.5 Å². The summed E-state index contributed by atoms with van der Waals surface area (Å²) in [5.41, 5.74) is 5.80. The number of benzene rings is 1. The van der Waals surface area contributed by atoms with Crippen LogP contribution in [0.2, 0.25) is 0 Å². The van der Waals surface area contributed by atoms with Crippen LogP contribution in [0.3, 0.4) is 0 Å². The molecule has 0 bridgehead atoms. The van der Waals surface area contributed by atoms with E-state index >= 15 is 0 Å². The van der Waals surface area contributed by atoms with E-state index in [0.717, 1.165) is 25.2 Å². The second-order valence-electron chi connectivity index (χ2n) is 5.57. The first-order valence-corrected chi connectivity index (χ1v) is 9.96. The van der Waals surface area contributed by atoms with E-state index in [1.807, 2.05) is 6.92 Å². The summed E-state index contributed by atoms with van der Waals surface area (Å²) in [6.45, 7) is 1.85. The smallest absolute Gasteiger partial charge is 0.245 e. The van der Waals surface area contributed by atoms with Crippen LogP contribution >= 0.6 is 0 Å². The fourth-order valence-electron chi connectivity index (χ4n) is 2.22. The van der Waals surface area contributed by atoms with Crippen LogP contribution in [0.25, 0.3) is 0 Å². The van der Waals surface area contributed by atoms with Gasteiger partial charge in [0.05, 0.1) is 10.6 Å². The zero-order chi connectivity index (χ0) is 16.0. The fourth-order valence-corrected chi connectivity index (χ4v) is 4.50. The van der Waals surface area contributed by atoms with Crippen molar-refractivity contribution in [1.29, 1.82) is 0 Å². The summed E-state index contributed by atoms with van der Waals surface area (Å²) >= 11 is 0. The fraction of sp³-hybridized carbons (Fsp3) is 0.538. The van der Waals surface area contributed by atoms with Gasteiger partial charge in [0.2, 0.25) is 10.0 Å². The molecule has 1 aliphatic rings. The molecule has 0 saturated heterocycles. The van der Waals surface area contributed by atoms with Crippen molar-refractivity contribution in [3.8, 4) is 0 Å². The third-order valence-corrected chi connectivity index (χ3v) is 7.06. The highest BCUT2D eigenvalue weighted by Crippen LogP contribution is 2.37. The highest BCUT2D eigenvalue weighted by atomic mass is 32.2. The number of hydrogen-bond acceptors (Lipinski definition) is 5. The van der Waals surface area contributed by atoms with Crippen LogP contribution in [-0.2, 0) is 19.9 Å². The second kappa shape index (κ2) is 5.26.